The van der Waals surface area contributed by atoms with Gasteiger partial charge in [-0.2, -0.15) is 0 Å². The van der Waals surface area contributed by atoms with Gasteiger partial charge in [0.25, 0.3) is 0 Å². The van der Waals surface area contributed by atoms with Crippen molar-refractivity contribution in [2.75, 3.05) is 6.54 Å². The van der Waals surface area contributed by atoms with Crippen LogP contribution in [-0.2, 0) is 11.2 Å². The molecule has 1 aromatic heterocycles. The number of nitrogens with two attached hydrogens (primary N) is 1. The molecular weight excluding hydrogens is 252 g/mol. The maximum Gasteiger partial charge on any atom is 0.239 e. The fourth-order valence-corrected chi connectivity index (χ4v) is 2.98. The van der Waals surface area contributed by atoms with E-state index in [1.54, 1.807) is 12.4 Å². The molecule has 0 aliphatic carbocycles. The molecule has 0 radical (unpaired) electrons. The highest BCUT2D eigenvalue weighted by molar-refractivity contribution is 5.82. The molecule has 104 valence electrons. The van der Waals surface area contributed by atoms with Crippen LogP contribution in [0.5, 0.6) is 0 Å². The first-order valence-electron chi connectivity index (χ1n) is 6.80. The third-order valence-corrected chi connectivity index (χ3v) is 4.00. The van der Waals surface area contributed by atoms with Gasteiger partial charge >= 0.3 is 0 Å². The number of nitrogens with zero attached hydrogens (tertiary/aromatic N) is 2. The summed E-state index contributed by atoms with van der Waals surface area (Å²) in [6.07, 6.45) is 4.44. The molecule has 5 nitrogen and oxygen atoms in total. The Hall–Kier alpha value is -2.14. The minimum Gasteiger partial charge on any atom is -0.368 e. The number of imidazole rings is 1. The number of aromatic nitrogens is 2. The molecule has 2 unspecified atom stereocenters. The van der Waals surface area contributed by atoms with E-state index in [0.717, 1.165) is 24.4 Å². The summed E-state index contributed by atoms with van der Waals surface area (Å²) in [5.74, 6) is 0.547. The zero-order chi connectivity index (χ0) is 14.1. The number of carbonyl (C=O) groups excluding carboxylic acids is 1. The smallest absolute Gasteiger partial charge is 0.239 e. The molecule has 0 bridgehead atoms. The van der Waals surface area contributed by atoms with E-state index in [1.165, 1.54) is 5.56 Å². The van der Waals surface area contributed by atoms with Crippen LogP contribution in [0, 0.1) is 0 Å². The van der Waals surface area contributed by atoms with Gasteiger partial charge < -0.3 is 10.7 Å². The summed E-state index contributed by atoms with van der Waals surface area (Å²) in [6, 6.07) is 7.65. The molecule has 1 aliphatic rings. The molecule has 2 atom stereocenters. The Morgan fingerprint density at radius 3 is 3.00 bits per heavy atom. The molecule has 3 rings (SSSR count). The molecule has 2 heterocycles. The molecule has 2 aromatic rings. The minimum absolute atomic E-state index is 0.0239. The summed E-state index contributed by atoms with van der Waals surface area (Å²) in [7, 11) is 0. The van der Waals surface area contributed by atoms with Crippen LogP contribution in [0.25, 0.3) is 0 Å². The van der Waals surface area contributed by atoms with Crippen molar-refractivity contribution in [2.24, 2.45) is 5.73 Å². The second kappa shape index (κ2) is 5.09. The van der Waals surface area contributed by atoms with Gasteiger partial charge in [-0.15, -0.1) is 0 Å². The summed E-state index contributed by atoms with van der Waals surface area (Å²) < 4.78 is 0. The standard InChI is InChI=1S/C15H18N4O/c1-10(15-17-7-8-18-15)19-9-6-11-4-2-3-5-12(11)13(19)14(16)20/h2-5,7-8,10,13H,6,9H2,1H3,(H2,16,20)(H,17,18). The number of carbonyl (C=O) groups is 1. The van der Waals surface area contributed by atoms with Crippen molar-refractivity contribution in [3.05, 3.63) is 53.6 Å². The number of aromatic amines is 1. The lowest BCUT2D eigenvalue weighted by Gasteiger charge is -2.38. The number of hydrogen-bond acceptors (Lipinski definition) is 3. The number of primary amides is 1. The lowest BCUT2D eigenvalue weighted by molar-refractivity contribution is -0.124. The monoisotopic (exact) mass is 270 g/mol. The van der Waals surface area contributed by atoms with E-state index in [9.17, 15) is 4.79 Å². The van der Waals surface area contributed by atoms with Gasteiger partial charge in [-0.3, -0.25) is 9.69 Å². The third-order valence-electron chi connectivity index (χ3n) is 4.00. The fraction of sp³-hybridized carbons (Fsp3) is 0.333. The Morgan fingerprint density at radius 2 is 2.30 bits per heavy atom. The Labute approximate surface area is 117 Å². The number of hydrogen-bond donors (Lipinski definition) is 2. The first kappa shape index (κ1) is 12.9. The maximum absolute atomic E-state index is 12.0. The van der Waals surface area contributed by atoms with Crippen LogP contribution in [0.2, 0.25) is 0 Å². The molecule has 20 heavy (non-hydrogen) atoms. The normalized spacial score (nSPS) is 20.4. The van der Waals surface area contributed by atoms with Crippen LogP contribution in [0.3, 0.4) is 0 Å². The summed E-state index contributed by atoms with van der Waals surface area (Å²) in [6.45, 7) is 2.84. The average Bonchev–Trinajstić information content (AvgIpc) is 2.99. The van der Waals surface area contributed by atoms with E-state index in [-0.39, 0.29) is 18.0 Å². The number of amides is 1. The second-order valence-corrected chi connectivity index (χ2v) is 5.14. The number of H-pyrrole nitrogens is 1. The van der Waals surface area contributed by atoms with Gasteiger partial charge in [-0.05, 0) is 24.5 Å². The highest BCUT2D eigenvalue weighted by atomic mass is 16.1. The first-order chi connectivity index (χ1) is 9.68. The second-order valence-electron chi connectivity index (χ2n) is 5.14. The largest absolute Gasteiger partial charge is 0.368 e. The van der Waals surface area contributed by atoms with Crippen molar-refractivity contribution in [2.45, 2.75) is 25.4 Å². The Kier molecular flexibility index (Phi) is 3.28. The van der Waals surface area contributed by atoms with Crippen molar-refractivity contribution in [1.82, 2.24) is 14.9 Å². The predicted octanol–water partition coefficient (Wildman–Crippen LogP) is 1.56. The van der Waals surface area contributed by atoms with Gasteiger partial charge in [0, 0.05) is 18.9 Å². The Morgan fingerprint density at radius 1 is 1.50 bits per heavy atom. The van der Waals surface area contributed by atoms with Crippen molar-refractivity contribution in [3.63, 3.8) is 0 Å². The molecule has 0 spiro atoms. The van der Waals surface area contributed by atoms with Crippen LogP contribution in [-0.4, -0.2) is 27.3 Å². The van der Waals surface area contributed by atoms with E-state index in [4.69, 9.17) is 5.73 Å². The van der Waals surface area contributed by atoms with Gasteiger partial charge in [0.15, 0.2) is 0 Å². The van der Waals surface area contributed by atoms with Crippen LogP contribution < -0.4 is 5.73 Å². The first-order valence-corrected chi connectivity index (χ1v) is 6.80. The molecule has 0 saturated carbocycles. The number of benzene rings is 1. The van der Waals surface area contributed by atoms with E-state index in [1.807, 2.05) is 25.1 Å². The SMILES string of the molecule is CC(c1ncc[nH]1)N1CCc2ccccc2C1C(N)=O. The molecule has 1 aromatic carbocycles. The topological polar surface area (TPSA) is 75.0 Å². The van der Waals surface area contributed by atoms with Crippen LogP contribution in [0.1, 0.15) is 36.0 Å². The van der Waals surface area contributed by atoms with Crippen LogP contribution in [0.15, 0.2) is 36.7 Å². The number of nitrogens with one attached hydrogen (secondary N) is 1. The molecule has 3 N–H and O–H groups in total. The summed E-state index contributed by atoms with van der Waals surface area (Å²) in [5.41, 5.74) is 7.88. The fourth-order valence-electron chi connectivity index (χ4n) is 2.98. The average molecular weight is 270 g/mol. The van der Waals surface area contributed by atoms with Gasteiger partial charge in [0.05, 0.1) is 6.04 Å². The van der Waals surface area contributed by atoms with E-state index in [0.29, 0.717) is 0 Å². The summed E-state index contributed by atoms with van der Waals surface area (Å²) in [5, 5.41) is 0. The number of fused-ring (bicyclic) bond motifs is 1. The zero-order valence-corrected chi connectivity index (χ0v) is 11.4. The van der Waals surface area contributed by atoms with Gasteiger partial charge in [-0.25, -0.2) is 4.98 Å². The zero-order valence-electron chi connectivity index (χ0n) is 11.4. The number of rotatable bonds is 3. The van der Waals surface area contributed by atoms with Gasteiger partial charge in [-0.1, -0.05) is 24.3 Å². The predicted molar refractivity (Wildman–Crippen MR) is 75.8 cm³/mol. The van der Waals surface area contributed by atoms with Crippen molar-refractivity contribution in [1.29, 1.82) is 0 Å². The molecule has 0 fully saturated rings. The molecule has 1 aliphatic heterocycles. The van der Waals surface area contributed by atoms with Crippen molar-refractivity contribution < 1.29 is 4.79 Å². The maximum atomic E-state index is 12.0. The highest BCUT2D eigenvalue weighted by Gasteiger charge is 2.35. The van der Waals surface area contributed by atoms with Gasteiger partial charge in [0.2, 0.25) is 5.91 Å². The lowest BCUT2D eigenvalue weighted by Crippen LogP contribution is -2.43. The Bertz CT molecular complexity index is 608. The van der Waals surface area contributed by atoms with Gasteiger partial charge in [0.1, 0.15) is 11.9 Å². The highest BCUT2D eigenvalue weighted by Crippen LogP contribution is 2.34. The lowest BCUT2D eigenvalue weighted by atomic mass is 9.91. The van der Waals surface area contributed by atoms with E-state index < -0.39 is 0 Å². The third kappa shape index (κ3) is 2.10. The van der Waals surface area contributed by atoms with Crippen molar-refractivity contribution >= 4 is 5.91 Å². The molecule has 1 amide bonds. The van der Waals surface area contributed by atoms with E-state index in [2.05, 4.69) is 20.9 Å². The van der Waals surface area contributed by atoms with Crippen LogP contribution in [0.4, 0.5) is 0 Å². The summed E-state index contributed by atoms with van der Waals surface area (Å²) in [4.78, 5) is 21.5. The van der Waals surface area contributed by atoms with Crippen molar-refractivity contribution in [3.8, 4) is 0 Å². The van der Waals surface area contributed by atoms with E-state index >= 15 is 0 Å². The summed E-state index contributed by atoms with van der Waals surface area (Å²) >= 11 is 0. The van der Waals surface area contributed by atoms with Crippen LogP contribution >= 0.6 is 0 Å². The molecule has 5 heteroatoms. The molecular formula is C15H18N4O. The molecule has 0 saturated heterocycles. The Balaban J connectivity index is 1.98. The quantitative estimate of drug-likeness (QED) is 0.888. The minimum atomic E-state index is -0.389.